The summed E-state index contributed by atoms with van der Waals surface area (Å²) in [5.41, 5.74) is 0.182. The van der Waals surface area contributed by atoms with Crippen LogP contribution in [0.1, 0.15) is 12.6 Å². The van der Waals surface area contributed by atoms with Crippen molar-refractivity contribution in [2.45, 2.75) is 17.9 Å². The highest BCUT2D eigenvalue weighted by Gasteiger charge is 2.30. The largest absolute Gasteiger partial charge is 0.286 e. The van der Waals surface area contributed by atoms with Gasteiger partial charge in [0.15, 0.2) is 0 Å². The van der Waals surface area contributed by atoms with Crippen molar-refractivity contribution in [3.05, 3.63) is 24.0 Å². The van der Waals surface area contributed by atoms with Crippen molar-refractivity contribution >= 4 is 10.0 Å². The first-order valence-corrected chi connectivity index (χ1v) is 7.93. The average molecular weight is 305 g/mol. The Morgan fingerprint density at radius 2 is 1.90 bits per heavy atom. The van der Waals surface area contributed by atoms with Gasteiger partial charge in [0.1, 0.15) is 16.7 Å². The molecule has 1 unspecified atom stereocenters. The van der Waals surface area contributed by atoms with Gasteiger partial charge in [-0.1, -0.05) is 0 Å². The molecular weight excluding hydrogens is 290 g/mol. The van der Waals surface area contributed by atoms with Crippen molar-refractivity contribution in [1.82, 2.24) is 14.2 Å². The summed E-state index contributed by atoms with van der Waals surface area (Å²) in [4.78, 5) is 5.83. The molecule has 0 radical (unpaired) electrons. The lowest BCUT2D eigenvalue weighted by Gasteiger charge is -2.35. The number of hydrogen-bond acceptors (Lipinski definition) is 6. The Hall–Kier alpha value is -2.00. The number of aromatic nitrogens is 1. The number of hydrogen-bond donors (Lipinski definition) is 0. The van der Waals surface area contributed by atoms with Gasteiger partial charge in [-0.05, 0) is 19.1 Å². The summed E-state index contributed by atoms with van der Waals surface area (Å²) in [5.74, 6) is 0. The zero-order valence-electron chi connectivity index (χ0n) is 11.6. The zero-order valence-corrected chi connectivity index (χ0v) is 12.4. The maximum atomic E-state index is 12.5. The van der Waals surface area contributed by atoms with Crippen LogP contribution in [0.4, 0.5) is 0 Å². The molecule has 1 aliphatic heterocycles. The molecule has 2 rings (SSSR count). The predicted molar refractivity (Wildman–Crippen MR) is 74.4 cm³/mol. The quantitative estimate of drug-likeness (QED) is 0.789. The summed E-state index contributed by atoms with van der Waals surface area (Å²) in [5, 5.41) is 17.6. The Morgan fingerprint density at radius 3 is 2.38 bits per heavy atom. The Balaban J connectivity index is 2.11. The van der Waals surface area contributed by atoms with Crippen LogP contribution >= 0.6 is 0 Å². The highest BCUT2D eigenvalue weighted by molar-refractivity contribution is 7.89. The van der Waals surface area contributed by atoms with Crippen molar-refractivity contribution in [2.75, 3.05) is 26.2 Å². The minimum atomic E-state index is -3.59. The lowest BCUT2D eigenvalue weighted by Crippen LogP contribution is -2.50. The lowest BCUT2D eigenvalue weighted by atomic mass is 10.2. The van der Waals surface area contributed by atoms with Gasteiger partial charge in [0.25, 0.3) is 0 Å². The van der Waals surface area contributed by atoms with Gasteiger partial charge in [-0.2, -0.15) is 14.8 Å². The molecular formula is C13H15N5O2S. The van der Waals surface area contributed by atoms with Crippen LogP contribution in [-0.4, -0.2) is 54.8 Å². The molecule has 1 aliphatic rings. The molecule has 1 aromatic heterocycles. The van der Waals surface area contributed by atoms with E-state index in [1.165, 1.54) is 22.6 Å². The first-order chi connectivity index (χ1) is 9.98. The van der Waals surface area contributed by atoms with Crippen molar-refractivity contribution in [3.63, 3.8) is 0 Å². The van der Waals surface area contributed by atoms with Crippen LogP contribution in [0.2, 0.25) is 0 Å². The van der Waals surface area contributed by atoms with Gasteiger partial charge in [-0.15, -0.1) is 0 Å². The molecule has 1 aromatic rings. The van der Waals surface area contributed by atoms with Crippen LogP contribution in [0.15, 0.2) is 23.2 Å². The van der Waals surface area contributed by atoms with E-state index in [0.717, 1.165) is 0 Å². The maximum absolute atomic E-state index is 12.5. The van der Waals surface area contributed by atoms with Crippen LogP contribution in [-0.2, 0) is 10.0 Å². The monoisotopic (exact) mass is 305 g/mol. The fraction of sp³-hybridized carbons (Fsp3) is 0.462. The van der Waals surface area contributed by atoms with E-state index >= 15 is 0 Å². The van der Waals surface area contributed by atoms with Gasteiger partial charge in [0.05, 0.1) is 12.1 Å². The van der Waals surface area contributed by atoms with E-state index in [1.54, 1.807) is 6.92 Å². The van der Waals surface area contributed by atoms with E-state index in [2.05, 4.69) is 11.1 Å². The molecule has 0 spiro atoms. The van der Waals surface area contributed by atoms with E-state index in [4.69, 9.17) is 10.5 Å². The molecule has 7 nitrogen and oxygen atoms in total. The van der Waals surface area contributed by atoms with Crippen LogP contribution in [0.5, 0.6) is 0 Å². The summed E-state index contributed by atoms with van der Waals surface area (Å²) >= 11 is 0. The van der Waals surface area contributed by atoms with Crippen LogP contribution in [0.25, 0.3) is 0 Å². The fourth-order valence-corrected chi connectivity index (χ4v) is 3.53. The highest BCUT2D eigenvalue weighted by atomic mass is 32.2. The van der Waals surface area contributed by atoms with Crippen LogP contribution < -0.4 is 0 Å². The van der Waals surface area contributed by atoms with Crippen LogP contribution in [0.3, 0.4) is 0 Å². The molecule has 21 heavy (non-hydrogen) atoms. The maximum Gasteiger partial charge on any atom is 0.244 e. The highest BCUT2D eigenvalue weighted by Crippen LogP contribution is 2.17. The minimum Gasteiger partial charge on any atom is -0.286 e. The molecule has 8 heteroatoms. The minimum absolute atomic E-state index is 0.0864. The molecule has 1 saturated heterocycles. The van der Waals surface area contributed by atoms with E-state index in [9.17, 15) is 8.42 Å². The average Bonchev–Trinajstić information content (AvgIpc) is 2.54. The number of nitriles is 2. The topological polar surface area (TPSA) is 101 Å². The third-order valence-corrected chi connectivity index (χ3v) is 5.38. The van der Waals surface area contributed by atoms with E-state index in [-0.39, 0.29) is 16.6 Å². The second kappa shape index (κ2) is 6.19. The molecule has 0 saturated carbocycles. The van der Waals surface area contributed by atoms with Crippen LogP contribution in [0, 0.1) is 22.7 Å². The molecule has 0 bridgehead atoms. The third kappa shape index (κ3) is 3.19. The Labute approximate surface area is 124 Å². The number of sulfonamides is 1. The van der Waals surface area contributed by atoms with E-state index in [0.29, 0.717) is 26.2 Å². The number of piperazine rings is 1. The fourth-order valence-electron chi connectivity index (χ4n) is 2.16. The summed E-state index contributed by atoms with van der Waals surface area (Å²) in [6.07, 6.45) is 1.21. The van der Waals surface area contributed by atoms with Crippen molar-refractivity contribution in [2.24, 2.45) is 0 Å². The third-order valence-electron chi connectivity index (χ3n) is 3.50. The van der Waals surface area contributed by atoms with Gasteiger partial charge in [-0.25, -0.2) is 13.4 Å². The normalized spacial score (nSPS) is 18.6. The Kier molecular flexibility index (Phi) is 4.53. The summed E-state index contributed by atoms with van der Waals surface area (Å²) in [7, 11) is -3.59. The zero-order chi connectivity index (χ0) is 15.5. The molecule has 2 heterocycles. The van der Waals surface area contributed by atoms with Gasteiger partial charge < -0.3 is 0 Å². The lowest BCUT2D eigenvalue weighted by molar-refractivity contribution is 0.169. The molecule has 1 atom stereocenters. The molecule has 0 amide bonds. The van der Waals surface area contributed by atoms with Crippen molar-refractivity contribution < 1.29 is 8.42 Å². The standard InChI is InChI=1S/C13H15N5O2S/c1-11(8-14)17-4-6-18(7-5-17)21(19,20)13-3-2-12(9-15)16-10-13/h2-3,10-11H,4-7H2,1H3. The predicted octanol–water partition coefficient (Wildman–Crippen LogP) is 0.172. The number of rotatable bonds is 3. The first kappa shape index (κ1) is 15.4. The summed E-state index contributed by atoms with van der Waals surface area (Å²) < 4.78 is 26.3. The number of nitrogens with zero attached hydrogens (tertiary/aromatic N) is 5. The second-order valence-electron chi connectivity index (χ2n) is 4.74. The summed E-state index contributed by atoms with van der Waals surface area (Å²) in [6.45, 7) is 3.53. The van der Waals surface area contributed by atoms with E-state index in [1.807, 2.05) is 11.0 Å². The molecule has 0 aromatic carbocycles. The molecule has 0 N–H and O–H groups in total. The van der Waals surface area contributed by atoms with Crippen molar-refractivity contribution in [1.29, 1.82) is 10.5 Å². The first-order valence-electron chi connectivity index (χ1n) is 6.49. The SMILES string of the molecule is CC(C#N)N1CCN(S(=O)(=O)c2ccc(C#N)nc2)CC1. The molecule has 0 aliphatic carbocycles. The number of pyridine rings is 1. The van der Waals surface area contributed by atoms with Gasteiger partial charge in [-0.3, -0.25) is 4.90 Å². The van der Waals surface area contributed by atoms with Gasteiger partial charge in [0, 0.05) is 32.4 Å². The van der Waals surface area contributed by atoms with E-state index < -0.39 is 10.0 Å². The second-order valence-corrected chi connectivity index (χ2v) is 6.67. The summed E-state index contributed by atoms with van der Waals surface area (Å²) in [6, 6.07) is 6.57. The Morgan fingerprint density at radius 1 is 1.24 bits per heavy atom. The van der Waals surface area contributed by atoms with Gasteiger partial charge >= 0.3 is 0 Å². The van der Waals surface area contributed by atoms with Crippen molar-refractivity contribution in [3.8, 4) is 12.1 Å². The molecule has 1 fully saturated rings. The smallest absolute Gasteiger partial charge is 0.244 e. The Bertz CT molecular complexity index is 679. The van der Waals surface area contributed by atoms with Gasteiger partial charge in [0.2, 0.25) is 10.0 Å². The molecule has 110 valence electrons.